The van der Waals surface area contributed by atoms with Gasteiger partial charge in [0.1, 0.15) is 0 Å². The Labute approximate surface area is 184 Å². The van der Waals surface area contributed by atoms with Gasteiger partial charge in [0.15, 0.2) is 4.91 Å². The molecule has 0 spiro atoms. The Bertz CT molecular complexity index is 1290. The van der Waals surface area contributed by atoms with Crippen molar-refractivity contribution >= 4 is 56.1 Å². The lowest BCUT2D eigenvalue weighted by Gasteiger charge is -2.31. The van der Waals surface area contributed by atoms with E-state index in [2.05, 4.69) is 5.32 Å². The third-order valence-electron chi connectivity index (χ3n) is 4.80. The second-order valence-electron chi connectivity index (χ2n) is 6.64. The van der Waals surface area contributed by atoms with E-state index in [4.69, 9.17) is 23.2 Å². The highest BCUT2D eigenvalue weighted by Crippen LogP contribution is 2.43. The summed E-state index contributed by atoms with van der Waals surface area (Å²) in [4.78, 5) is 12.9. The van der Waals surface area contributed by atoms with Gasteiger partial charge in [0.05, 0.1) is 16.4 Å². The van der Waals surface area contributed by atoms with Crippen molar-refractivity contribution in [1.29, 1.82) is 0 Å². The molecule has 152 valence electrons. The van der Waals surface area contributed by atoms with Gasteiger partial charge in [-0.05, 0) is 35.9 Å². The van der Waals surface area contributed by atoms with Gasteiger partial charge >= 0.3 is 0 Å². The summed E-state index contributed by atoms with van der Waals surface area (Å²) in [5, 5.41) is 3.37. The summed E-state index contributed by atoms with van der Waals surface area (Å²) in [6.45, 7) is 0. The first kappa shape index (κ1) is 20.5. The summed E-state index contributed by atoms with van der Waals surface area (Å²) < 4.78 is 27.9. The van der Waals surface area contributed by atoms with Crippen molar-refractivity contribution in [2.24, 2.45) is 0 Å². The van der Waals surface area contributed by atoms with Crippen molar-refractivity contribution in [3.05, 3.63) is 98.9 Å². The topological polar surface area (TPSA) is 66.5 Å². The van der Waals surface area contributed by atoms with Crippen LogP contribution in [0.5, 0.6) is 0 Å². The number of carbonyl (C=O) groups is 1. The molecule has 1 aliphatic heterocycles. The molecule has 0 aromatic heterocycles. The van der Waals surface area contributed by atoms with Crippen LogP contribution in [0, 0.1) is 0 Å². The number of anilines is 2. The fraction of sp³-hybridized carbons (Fsp3) is 0.0455. The quantitative estimate of drug-likeness (QED) is 0.588. The Morgan fingerprint density at radius 2 is 1.60 bits per heavy atom. The number of amides is 1. The van der Waals surface area contributed by atoms with Crippen LogP contribution in [0.4, 0.5) is 11.4 Å². The van der Waals surface area contributed by atoms with Crippen LogP contribution in [-0.4, -0.2) is 21.4 Å². The smallest absolute Gasteiger partial charge is 0.270 e. The zero-order valence-corrected chi connectivity index (χ0v) is 18.1. The minimum Gasteiger partial charge on any atom is -0.320 e. The lowest BCUT2D eigenvalue weighted by atomic mass is 9.95. The van der Waals surface area contributed by atoms with Crippen LogP contribution in [0.15, 0.2) is 77.7 Å². The molecule has 5 nitrogen and oxygen atoms in total. The zero-order chi connectivity index (χ0) is 21.5. The summed E-state index contributed by atoms with van der Waals surface area (Å²) in [5.74, 6) is -0.778. The summed E-state index contributed by atoms with van der Waals surface area (Å²) in [7, 11) is -2.73. The van der Waals surface area contributed by atoms with E-state index < -0.39 is 15.9 Å². The van der Waals surface area contributed by atoms with Crippen molar-refractivity contribution in [2.45, 2.75) is 0 Å². The molecule has 1 heterocycles. The van der Waals surface area contributed by atoms with Crippen molar-refractivity contribution in [1.82, 2.24) is 0 Å². The number of rotatable bonds is 3. The molecule has 1 aliphatic rings. The van der Waals surface area contributed by atoms with E-state index in [-0.39, 0.29) is 10.5 Å². The number of halogens is 2. The molecule has 0 radical (unpaired) electrons. The molecule has 1 amide bonds. The molecule has 30 heavy (non-hydrogen) atoms. The third-order valence-corrected chi connectivity index (χ3v) is 7.19. The van der Waals surface area contributed by atoms with Crippen LogP contribution in [0.1, 0.15) is 11.1 Å². The third kappa shape index (κ3) is 3.47. The summed E-state index contributed by atoms with van der Waals surface area (Å²) >= 11 is 12.4. The summed E-state index contributed by atoms with van der Waals surface area (Å²) in [6, 6.07) is 20.4. The van der Waals surface area contributed by atoms with Crippen LogP contribution in [0.2, 0.25) is 10.0 Å². The zero-order valence-electron chi connectivity index (χ0n) is 15.8. The number of nitrogens with zero attached hydrogens (tertiary/aromatic N) is 1. The number of sulfonamides is 1. The lowest BCUT2D eigenvalue weighted by molar-refractivity contribution is -0.112. The van der Waals surface area contributed by atoms with Gasteiger partial charge < -0.3 is 5.32 Å². The first-order chi connectivity index (χ1) is 14.3. The van der Waals surface area contributed by atoms with Gasteiger partial charge in [0, 0.05) is 23.2 Å². The van der Waals surface area contributed by atoms with Gasteiger partial charge in [0.25, 0.3) is 15.9 Å². The maximum Gasteiger partial charge on any atom is 0.270 e. The average molecular weight is 459 g/mol. The van der Waals surface area contributed by atoms with E-state index in [9.17, 15) is 13.2 Å². The molecule has 0 saturated carbocycles. The monoisotopic (exact) mass is 458 g/mol. The van der Waals surface area contributed by atoms with Gasteiger partial charge in [-0.1, -0.05) is 65.7 Å². The molecule has 0 aliphatic carbocycles. The molecule has 0 unspecified atom stereocenters. The van der Waals surface area contributed by atoms with E-state index >= 15 is 0 Å². The van der Waals surface area contributed by atoms with Gasteiger partial charge in [0.2, 0.25) is 0 Å². The summed E-state index contributed by atoms with van der Waals surface area (Å²) in [5.41, 5.74) is 2.18. The fourth-order valence-corrected chi connectivity index (χ4v) is 5.18. The molecule has 3 aromatic rings. The van der Waals surface area contributed by atoms with E-state index in [1.807, 2.05) is 6.07 Å². The molecule has 0 bridgehead atoms. The Kier molecular flexibility index (Phi) is 5.32. The van der Waals surface area contributed by atoms with Crippen molar-refractivity contribution in [3.63, 3.8) is 0 Å². The molecule has 0 saturated heterocycles. The standard InChI is InChI=1S/C22H16Cl2N2O3S/c1-26-19-12-11-15(23)13-16(19)20(14-7-3-2-4-8-14)21(30(26,28)29)22(27)25-18-10-6-5-9-17(18)24/h2-13H,1H3,(H,25,27). The number of hydrogen-bond acceptors (Lipinski definition) is 3. The van der Waals surface area contributed by atoms with E-state index in [0.717, 1.165) is 4.31 Å². The SMILES string of the molecule is CN1c2ccc(Cl)cc2C(c2ccccc2)=C(C(=O)Nc2ccccc2Cl)S1(=O)=O. The Hall–Kier alpha value is -2.80. The van der Waals surface area contributed by atoms with Crippen molar-refractivity contribution in [2.75, 3.05) is 16.7 Å². The lowest BCUT2D eigenvalue weighted by Crippen LogP contribution is -2.37. The maximum atomic E-state index is 13.4. The maximum absolute atomic E-state index is 13.4. The second-order valence-corrected chi connectivity index (χ2v) is 9.39. The van der Waals surface area contributed by atoms with Gasteiger partial charge in [-0.3, -0.25) is 9.10 Å². The van der Waals surface area contributed by atoms with Crippen molar-refractivity contribution in [3.8, 4) is 0 Å². The first-order valence-electron chi connectivity index (χ1n) is 8.95. The van der Waals surface area contributed by atoms with Crippen LogP contribution in [0.25, 0.3) is 5.57 Å². The number of hydrogen-bond donors (Lipinski definition) is 1. The Morgan fingerprint density at radius 3 is 2.30 bits per heavy atom. The predicted octanol–water partition coefficient (Wildman–Crippen LogP) is 5.17. The van der Waals surface area contributed by atoms with Crippen LogP contribution in [-0.2, 0) is 14.8 Å². The molecule has 4 rings (SSSR count). The molecule has 8 heteroatoms. The number of benzene rings is 3. The van der Waals surface area contributed by atoms with Crippen LogP contribution < -0.4 is 9.62 Å². The normalized spacial score (nSPS) is 15.0. The van der Waals surface area contributed by atoms with Gasteiger partial charge in [-0.25, -0.2) is 8.42 Å². The van der Waals surface area contributed by atoms with Gasteiger partial charge in [-0.2, -0.15) is 0 Å². The van der Waals surface area contributed by atoms with Crippen LogP contribution >= 0.6 is 23.2 Å². The van der Waals surface area contributed by atoms with E-state index in [0.29, 0.717) is 32.5 Å². The average Bonchev–Trinajstić information content (AvgIpc) is 2.72. The Balaban J connectivity index is 2.01. The number of nitrogens with one attached hydrogen (secondary N) is 1. The van der Waals surface area contributed by atoms with Gasteiger partial charge in [-0.15, -0.1) is 0 Å². The van der Waals surface area contributed by atoms with Crippen molar-refractivity contribution < 1.29 is 13.2 Å². The van der Waals surface area contributed by atoms with Crippen LogP contribution in [0.3, 0.4) is 0 Å². The fourth-order valence-electron chi connectivity index (χ4n) is 3.36. The highest BCUT2D eigenvalue weighted by atomic mass is 35.5. The second kappa shape index (κ2) is 7.80. The summed E-state index contributed by atoms with van der Waals surface area (Å²) in [6.07, 6.45) is 0. The molecule has 3 aromatic carbocycles. The molecular weight excluding hydrogens is 443 g/mol. The minimum absolute atomic E-state index is 0.288. The number of fused-ring (bicyclic) bond motifs is 1. The Morgan fingerprint density at radius 1 is 0.933 bits per heavy atom. The van der Waals surface area contributed by atoms with E-state index in [1.165, 1.54) is 7.05 Å². The highest BCUT2D eigenvalue weighted by Gasteiger charge is 2.39. The highest BCUT2D eigenvalue weighted by molar-refractivity contribution is 7.97. The molecule has 0 atom stereocenters. The molecule has 1 N–H and O–H groups in total. The minimum atomic E-state index is -4.14. The predicted molar refractivity (Wildman–Crippen MR) is 121 cm³/mol. The first-order valence-corrected chi connectivity index (χ1v) is 11.1. The number of carbonyl (C=O) groups excluding carboxylic acids is 1. The molecular formula is C22H16Cl2N2O3S. The largest absolute Gasteiger partial charge is 0.320 e. The van der Waals surface area contributed by atoms with E-state index in [1.54, 1.807) is 66.7 Å². The molecule has 0 fully saturated rings. The number of para-hydroxylation sites is 1.